The van der Waals surface area contributed by atoms with Crippen molar-refractivity contribution in [2.45, 2.75) is 95.9 Å². The van der Waals surface area contributed by atoms with Crippen molar-refractivity contribution in [3.8, 4) is 0 Å². The van der Waals surface area contributed by atoms with Crippen molar-refractivity contribution in [1.29, 1.82) is 5.41 Å². The first kappa shape index (κ1) is 27.6. The van der Waals surface area contributed by atoms with Gasteiger partial charge in [-0.1, -0.05) is 37.6 Å². The molecule has 0 unspecified atom stereocenters. The predicted octanol–water partition coefficient (Wildman–Crippen LogP) is 9.27. The normalized spacial score (nSPS) is 12.3. The van der Waals surface area contributed by atoms with Crippen LogP contribution in [0.4, 0.5) is 5.69 Å². The van der Waals surface area contributed by atoms with Crippen LogP contribution in [-0.2, 0) is 12.8 Å². The lowest BCUT2D eigenvalue weighted by Gasteiger charge is -2.26. The SMILES string of the molecule is C=C(C)c1c(CC)c(CC)c(C(=N)/C(C(C)=C(C)C)=C(C)\C(C)=C/C)c(C)c1N=C(C)C. The Morgan fingerprint density at radius 1 is 0.875 bits per heavy atom. The molecule has 0 saturated heterocycles. The van der Waals surface area contributed by atoms with E-state index >= 15 is 0 Å². The molecule has 2 heteroatoms. The van der Waals surface area contributed by atoms with Gasteiger partial charge >= 0.3 is 0 Å². The highest BCUT2D eigenvalue weighted by atomic mass is 14.8. The van der Waals surface area contributed by atoms with E-state index in [1.807, 2.05) is 13.8 Å². The average Bonchev–Trinajstić information content (AvgIpc) is 2.72. The monoisotopic (exact) mass is 432 g/mol. The highest BCUT2D eigenvalue weighted by molar-refractivity contribution is 6.17. The van der Waals surface area contributed by atoms with Crippen molar-refractivity contribution in [2.24, 2.45) is 4.99 Å². The summed E-state index contributed by atoms with van der Waals surface area (Å²) in [6.07, 6.45) is 3.90. The van der Waals surface area contributed by atoms with E-state index in [0.717, 1.165) is 57.7 Å². The first-order chi connectivity index (χ1) is 14.8. The summed E-state index contributed by atoms with van der Waals surface area (Å²) in [6.45, 7) is 29.7. The van der Waals surface area contributed by atoms with Gasteiger partial charge in [-0.2, -0.15) is 0 Å². The summed E-state index contributed by atoms with van der Waals surface area (Å²) in [5, 5.41) is 9.53. The fraction of sp³-hybridized carbons (Fsp3) is 0.467. The molecule has 0 aliphatic rings. The maximum atomic E-state index is 9.53. The lowest BCUT2D eigenvalue weighted by molar-refractivity contribution is 1.01. The smallest absolute Gasteiger partial charge is 0.0742 e. The van der Waals surface area contributed by atoms with E-state index < -0.39 is 0 Å². The molecule has 0 fully saturated rings. The van der Waals surface area contributed by atoms with Crippen molar-refractivity contribution in [2.75, 3.05) is 0 Å². The van der Waals surface area contributed by atoms with Crippen LogP contribution in [0, 0.1) is 12.3 Å². The fourth-order valence-corrected chi connectivity index (χ4v) is 4.36. The van der Waals surface area contributed by atoms with Crippen LogP contribution in [0.25, 0.3) is 5.57 Å². The number of hydrogen-bond donors (Lipinski definition) is 1. The predicted molar refractivity (Wildman–Crippen MR) is 146 cm³/mol. The Hall–Kier alpha value is -2.48. The number of allylic oxidation sites excluding steroid dienone is 7. The molecule has 32 heavy (non-hydrogen) atoms. The van der Waals surface area contributed by atoms with Crippen LogP contribution in [0.3, 0.4) is 0 Å². The number of nitrogens with one attached hydrogen (secondary N) is 1. The van der Waals surface area contributed by atoms with Crippen LogP contribution in [-0.4, -0.2) is 11.4 Å². The van der Waals surface area contributed by atoms with Gasteiger partial charge in [-0.25, -0.2) is 0 Å². The van der Waals surface area contributed by atoms with Crippen LogP contribution in [0.1, 0.15) is 104 Å². The summed E-state index contributed by atoms with van der Waals surface area (Å²) in [7, 11) is 0. The van der Waals surface area contributed by atoms with Gasteiger partial charge in [0.05, 0.1) is 11.4 Å². The van der Waals surface area contributed by atoms with Gasteiger partial charge in [0.25, 0.3) is 0 Å². The number of aliphatic imine (C=N–C) groups is 1. The lowest BCUT2D eigenvalue weighted by Crippen LogP contribution is -2.16. The Balaban J connectivity index is 4.32. The third-order valence-corrected chi connectivity index (χ3v) is 6.43. The minimum atomic E-state index is 0.602. The van der Waals surface area contributed by atoms with Gasteiger partial charge in [-0.05, 0) is 115 Å². The van der Waals surface area contributed by atoms with Crippen molar-refractivity contribution < 1.29 is 0 Å². The third-order valence-electron chi connectivity index (χ3n) is 6.43. The van der Waals surface area contributed by atoms with Crippen LogP contribution in [0.5, 0.6) is 0 Å². The minimum absolute atomic E-state index is 0.602. The van der Waals surface area contributed by atoms with Gasteiger partial charge < -0.3 is 0 Å². The summed E-state index contributed by atoms with van der Waals surface area (Å²) in [5.74, 6) is 0. The molecule has 0 spiro atoms. The second-order valence-corrected chi connectivity index (χ2v) is 9.20. The van der Waals surface area contributed by atoms with Gasteiger partial charge in [-0.3, -0.25) is 10.4 Å². The van der Waals surface area contributed by atoms with Crippen LogP contribution in [0.15, 0.2) is 45.5 Å². The van der Waals surface area contributed by atoms with E-state index in [1.165, 1.54) is 27.8 Å². The first-order valence-electron chi connectivity index (χ1n) is 11.8. The average molecular weight is 433 g/mol. The fourth-order valence-electron chi connectivity index (χ4n) is 4.36. The molecule has 0 aliphatic heterocycles. The molecule has 0 heterocycles. The van der Waals surface area contributed by atoms with Crippen molar-refractivity contribution >= 4 is 22.7 Å². The maximum absolute atomic E-state index is 9.53. The van der Waals surface area contributed by atoms with Crippen molar-refractivity contribution in [1.82, 2.24) is 0 Å². The van der Waals surface area contributed by atoms with Gasteiger partial charge in [-0.15, -0.1) is 0 Å². The number of hydrogen-bond acceptors (Lipinski definition) is 2. The number of benzene rings is 1. The molecule has 0 bridgehead atoms. The third kappa shape index (κ3) is 5.46. The molecule has 0 radical (unpaired) electrons. The second-order valence-electron chi connectivity index (χ2n) is 9.20. The highest BCUT2D eigenvalue weighted by Gasteiger charge is 2.25. The molecule has 1 rings (SSSR count). The molecule has 174 valence electrons. The van der Waals surface area contributed by atoms with Gasteiger partial charge in [0.1, 0.15) is 0 Å². The van der Waals surface area contributed by atoms with E-state index in [-0.39, 0.29) is 0 Å². The zero-order chi connectivity index (χ0) is 24.9. The summed E-state index contributed by atoms with van der Waals surface area (Å²) in [6, 6.07) is 0. The van der Waals surface area contributed by atoms with E-state index in [0.29, 0.717) is 5.71 Å². The Morgan fingerprint density at radius 2 is 1.38 bits per heavy atom. The van der Waals surface area contributed by atoms with E-state index in [4.69, 9.17) is 4.99 Å². The second kappa shape index (κ2) is 11.4. The summed E-state index contributed by atoms with van der Waals surface area (Å²) < 4.78 is 0. The maximum Gasteiger partial charge on any atom is 0.0742 e. The molecule has 1 N–H and O–H groups in total. The van der Waals surface area contributed by atoms with Crippen molar-refractivity contribution in [3.63, 3.8) is 0 Å². The number of nitrogens with zero attached hydrogens (tertiary/aromatic N) is 1. The standard InChI is InChI=1S/C30H44N2/c1-14-20(10)22(12)27(21(11)17(4)5)29(31)28-23(13)30(32-19(8)9)26(18(6)7)24(15-2)25(28)16-3/h14,31H,6,15-16H2,1-5,7-13H3/b20-14-,27-22-,31-29?. The molecule has 0 aliphatic carbocycles. The van der Waals surface area contributed by atoms with Crippen molar-refractivity contribution in [3.05, 3.63) is 68.3 Å². The van der Waals surface area contributed by atoms with E-state index in [9.17, 15) is 5.41 Å². The summed E-state index contributed by atoms with van der Waals surface area (Å²) in [5.41, 5.74) is 15.2. The molecule has 1 aromatic rings. The Bertz CT molecular complexity index is 1050. The van der Waals surface area contributed by atoms with Gasteiger partial charge in [0, 0.05) is 22.4 Å². The van der Waals surface area contributed by atoms with Crippen LogP contribution in [0.2, 0.25) is 0 Å². The van der Waals surface area contributed by atoms with E-state index in [1.54, 1.807) is 0 Å². The van der Waals surface area contributed by atoms with Gasteiger partial charge in [0.2, 0.25) is 0 Å². The first-order valence-corrected chi connectivity index (χ1v) is 11.8. The molecule has 2 nitrogen and oxygen atoms in total. The summed E-state index contributed by atoms with van der Waals surface area (Å²) in [4.78, 5) is 4.96. The molecule has 0 amide bonds. The Morgan fingerprint density at radius 3 is 1.75 bits per heavy atom. The largest absolute Gasteiger partial charge is 0.300 e. The quantitative estimate of drug-likeness (QED) is 0.314. The van der Waals surface area contributed by atoms with Crippen LogP contribution >= 0.6 is 0 Å². The number of rotatable bonds is 8. The molecule has 0 saturated carbocycles. The lowest BCUT2D eigenvalue weighted by atomic mass is 9.79. The van der Waals surface area contributed by atoms with E-state index in [2.05, 4.69) is 81.9 Å². The molecule has 1 aromatic carbocycles. The van der Waals surface area contributed by atoms with Gasteiger partial charge in [0.15, 0.2) is 0 Å². The molecule has 0 atom stereocenters. The summed E-state index contributed by atoms with van der Waals surface area (Å²) >= 11 is 0. The highest BCUT2D eigenvalue weighted by Crippen LogP contribution is 2.40. The minimum Gasteiger partial charge on any atom is -0.300 e. The zero-order valence-electron chi connectivity index (χ0n) is 22.6. The molecular formula is C30H44N2. The Labute approximate surface area is 197 Å². The van der Waals surface area contributed by atoms with Crippen LogP contribution < -0.4 is 0 Å². The Kier molecular flexibility index (Phi) is 9.82. The molecular weight excluding hydrogens is 388 g/mol. The zero-order valence-corrected chi connectivity index (χ0v) is 22.6. The molecule has 0 aromatic heterocycles. The topological polar surface area (TPSA) is 36.2 Å².